The Bertz CT molecular complexity index is 616. The predicted octanol–water partition coefficient (Wildman–Crippen LogP) is 2.61. The second-order valence-electron chi connectivity index (χ2n) is 6.44. The fraction of sp³-hybridized carbons (Fsp3) is 0.562. The summed E-state index contributed by atoms with van der Waals surface area (Å²) >= 11 is 6.32. The van der Waals surface area contributed by atoms with Gasteiger partial charge in [-0.05, 0) is 36.3 Å². The number of benzene rings is 1. The van der Waals surface area contributed by atoms with Gasteiger partial charge in [-0.1, -0.05) is 11.6 Å². The standard InChI is InChI=1S/C16H18ClNO4/c17-13-4-15-14(21-8-22-15)3-10(13)5-18-6-11(9-1-2-9)12(7-18)16(19)20/h3-4,9,11-12H,1-2,5-8H2,(H,19,20)/t11-,12+/m0/s1. The summed E-state index contributed by atoms with van der Waals surface area (Å²) in [4.78, 5) is 13.7. The highest BCUT2D eigenvalue weighted by Crippen LogP contribution is 2.45. The molecule has 6 heteroatoms. The first-order valence-corrected chi connectivity index (χ1v) is 8.03. The van der Waals surface area contributed by atoms with Crippen LogP contribution in [0.15, 0.2) is 12.1 Å². The van der Waals surface area contributed by atoms with E-state index >= 15 is 0 Å². The van der Waals surface area contributed by atoms with Crippen molar-refractivity contribution in [2.24, 2.45) is 17.8 Å². The number of fused-ring (bicyclic) bond motifs is 1. The third-order valence-electron chi connectivity index (χ3n) is 4.92. The van der Waals surface area contributed by atoms with E-state index in [1.807, 2.05) is 6.07 Å². The highest BCUT2D eigenvalue weighted by atomic mass is 35.5. The largest absolute Gasteiger partial charge is 0.481 e. The summed E-state index contributed by atoms with van der Waals surface area (Å²) in [6.45, 7) is 2.32. The lowest BCUT2D eigenvalue weighted by molar-refractivity contribution is -0.142. The molecule has 0 spiro atoms. The van der Waals surface area contributed by atoms with E-state index in [0.717, 1.165) is 12.1 Å². The highest BCUT2D eigenvalue weighted by molar-refractivity contribution is 6.31. The SMILES string of the molecule is O=C(O)[C@@H]1CN(Cc2cc3c(cc2Cl)OCO3)C[C@H]1C1CC1. The van der Waals surface area contributed by atoms with E-state index in [9.17, 15) is 9.90 Å². The Morgan fingerprint density at radius 3 is 2.68 bits per heavy atom. The van der Waals surface area contributed by atoms with Crippen LogP contribution in [-0.4, -0.2) is 35.9 Å². The van der Waals surface area contributed by atoms with Gasteiger partial charge in [0, 0.05) is 30.7 Å². The minimum Gasteiger partial charge on any atom is -0.481 e. The van der Waals surface area contributed by atoms with Gasteiger partial charge < -0.3 is 14.6 Å². The minimum absolute atomic E-state index is 0.226. The van der Waals surface area contributed by atoms with E-state index in [1.54, 1.807) is 6.07 Å². The number of carbonyl (C=O) groups is 1. The maximum absolute atomic E-state index is 11.5. The van der Waals surface area contributed by atoms with Crippen LogP contribution in [0, 0.1) is 17.8 Å². The lowest BCUT2D eigenvalue weighted by atomic mass is 9.92. The summed E-state index contributed by atoms with van der Waals surface area (Å²) in [5.41, 5.74) is 0.964. The normalized spacial score (nSPS) is 27.3. The molecule has 3 aliphatic rings. The number of carboxylic acid groups (broad SMARTS) is 1. The lowest BCUT2D eigenvalue weighted by Gasteiger charge is -2.17. The summed E-state index contributed by atoms with van der Waals surface area (Å²) in [5, 5.41) is 10.1. The second kappa shape index (κ2) is 5.32. The van der Waals surface area contributed by atoms with Gasteiger partial charge in [-0.15, -0.1) is 0 Å². The zero-order valence-electron chi connectivity index (χ0n) is 12.1. The molecule has 0 amide bonds. The number of hydrogen-bond donors (Lipinski definition) is 1. The van der Waals surface area contributed by atoms with Gasteiger partial charge in [-0.3, -0.25) is 9.69 Å². The number of halogens is 1. The van der Waals surface area contributed by atoms with E-state index in [0.29, 0.717) is 35.5 Å². The van der Waals surface area contributed by atoms with Crippen molar-refractivity contribution in [1.82, 2.24) is 4.90 Å². The van der Waals surface area contributed by atoms with Crippen molar-refractivity contribution < 1.29 is 19.4 Å². The van der Waals surface area contributed by atoms with Crippen LogP contribution in [0.5, 0.6) is 11.5 Å². The average Bonchev–Trinajstić information content (AvgIpc) is 3.08. The number of hydrogen-bond acceptors (Lipinski definition) is 4. The molecule has 4 rings (SSSR count). The summed E-state index contributed by atoms with van der Waals surface area (Å²) < 4.78 is 10.7. The number of nitrogens with zero attached hydrogens (tertiary/aromatic N) is 1. The lowest BCUT2D eigenvalue weighted by Crippen LogP contribution is -2.24. The molecule has 0 radical (unpaired) electrons. The van der Waals surface area contributed by atoms with Crippen molar-refractivity contribution in [2.45, 2.75) is 19.4 Å². The van der Waals surface area contributed by atoms with E-state index in [-0.39, 0.29) is 18.6 Å². The summed E-state index contributed by atoms with van der Waals surface area (Å²) in [5.74, 6) is 1.35. The van der Waals surface area contributed by atoms with Crippen LogP contribution >= 0.6 is 11.6 Å². The van der Waals surface area contributed by atoms with E-state index < -0.39 is 5.97 Å². The van der Waals surface area contributed by atoms with E-state index in [1.165, 1.54) is 12.8 Å². The average molecular weight is 324 g/mol. The Labute approximate surface area is 133 Å². The van der Waals surface area contributed by atoms with Gasteiger partial charge in [0.2, 0.25) is 6.79 Å². The van der Waals surface area contributed by atoms with Crippen LogP contribution in [0.3, 0.4) is 0 Å². The van der Waals surface area contributed by atoms with Crippen molar-refractivity contribution >= 4 is 17.6 Å². The Balaban J connectivity index is 1.51. The first kappa shape index (κ1) is 14.2. The smallest absolute Gasteiger partial charge is 0.308 e. The van der Waals surface area contributed by atoms with Crippen LogP contribution < -0.4 is 9.47 Å². The molecule has 0 unspecified atom stereocenters. The van der Waals surface area contributed by atoms with Gasteiger partial charge in [0.05, 0.1) is 5.92 Å². The fourth-order valence-electron chi connectivity index (χ4n) is 3.63. The Morgan fingerprint density at radius 2 is 2.00 bits per heavy atom. The first-order valence-electron chi connectivity index (χ1n) is 7.65. The topological polar surface area (TPSA) is 59.0 Å². The molecular weight excluding hydrogens is 306 g/mol. The van der Waals surface area contributed by atoms with Crippen molar-refractivity contribution in [3.05, 3.63) is 22.7 Å². The second-order valence-corrected chi connectivity index (χ2v) is 6.84. The molecule has 2 heterocycles. The fourth-order valence-corrected chi connectivity index (χ4v) is 3.84. The Hall–Kier alpha value is -1.46. The zero-order chi connectivity index (χ0) is 15.3. The number of ether oxygens (including phenoxy) is 2. The van der Waals surface area contributed by atoms with Crippen LogP contribution in [-0.2, 0) is 11.3 Å². The third kappa shape index (κ3) is 2.52. The number of rotatable bonds is 4. The summed E-state index contributed by atoms with van der Waals surface area (Å²) in [6.07, 6.45) is 2.35. The zero-order valence-corrected chi connectivity index (χ0v) is 12.9. The minimum atomic E-state index is -0.670. The number of likely N-dealkylation sites (tertiary alicyclic amines) is 1. The van der Waals surface area contributed by atoms with Gasteiger partial charge in [-0.25, -0.2) is 0 Å². The molecule has 2 fully saturated rings. The van der Waals surface area contributed by atoms with E-state index in [4.69, 9.17) is 21.1 Å². The maximum Gasteiger partial charge on any atom is 0.308 e. The first-order chi connectivity index (χ1) is 10.6. The molecule has 22 heavy (non-hydrogen) atoms. The third-order valence-corrected chi connectivity index (χ3v) is 5.27. The van der Waals surface area contributed by atoms with Crippen molar-refractivity contribution in [3.8, 4) is 11.5 Å². The molecular formula is C16H18ClNO4. The van der Waals surface area contributed by atoms with Crippen molar-refractivity contribution in [2.75, 3.05) is 19.9 Å². The molecule has 0 aromatic heterocycles. The molecule has 1 saturated carbocycles. The molecule has 118 valence electrons. The van der Waals surface area contributed by atoms with Gasteiger partial charge >= 0.3 is 5.97 Å². The van der Waals surface area contributed by atoms with Gasteiger partial charge in [-0.2, -0.15) is 0 Å². The van der Waals surface area contributed by atoms with Crippen molar-refractivity contribution in [1.29, 1.82) is 0 Å². The van der Waals surface area contributed by atoms with Crippen LogP contribution in [0.4, 0.5) is 0 Å². The van der Waals surface area contributed by atoms with E-state index in [2.05, 4.69) is 4.90 Å². The number of carboxylic acids is 1. The highest BCUT2D eigenvalue weighted by Gasteiger charge is 2.45. The summed E-state index contributed by atoms with van der Waals surface area (Å²) in [7, 11) is 0. The molecule has 5 nitrogen and oxygen atoms in total. The maximum atomic E-state index is 11.5. The molecule has 1 N–H and O–H groups in total. The van der Waals surface area contributed by atoms with Gasteiger partial charge in [0.15, 0.2) is 11.5 Å². The predicted molar refractivity (Wildman–Crippen MR) is 80.2 cm³/mol. The molecule has 2 aliphatic heterocycles. The Morgan fingerprint density at radius 1 is 1.27 bits per heavy atom. The summed E-state index contributed by atoms with van der Waals surface area (Å²) in [6, 6.07) is 3.69. The molecule has 1 aromatic rings. The molecule has 0 bridgehead atoms. The Kier molecular flexibility index (Phi) is 3.42. The monoisotopic (exact) mass is 323 g/mol. The van der Waals surface area contributed by atoms with Crippen molar-refractivity contribution in [3.63, 3.8) is 0 Å². The molecule has 1 saturated heterocycles. The van der Waals surface area contributed by atoms with Crippen LogP contribution in [0.25, 0.3) is 0 Å². The van der Waals surface area contributed by atoms with Crippen LogP contribution in [0.1, 0.15) is 18.4 Å². The van der Waals surface area contributed by atoms with Gasteiger partial charge in [0.1, 0.15) is 0 Å². The molecule has 2 atom stereocenters. The molecule has 1 aromatic carbocycles. The quantitative estimate of drug-likeness (QED) is 0.923. The number of aliphatic carboxylic acids is 1. The molecule has 1 aliphatic carbocycles. The van der Waals surface area contributed by atoms with Gasteiger partial charge in [0.25, 0.3) is 0 Å². The van der Waals surface area contributed by atoms with Crippen LogP contribution in [0.2, 0.25) is 5.02 Å².